The molecule has 0 bridgehead atoms. The van der Waals surface area contributed by atoms with Gasteiger partial charge in [-0.05, 0) is 12.0 Å². The zero-order valence-electron chi connectivity index (χ0n) is 8.73. The molecule has 1 aromatic rings. The lowest BCUT2D eigenvalue weighted by Crippen LogP contribution is -2.42. The van der Waals surface area contributed by atoms with Gasteiger partial charge in [-0.15, -0.1) is 0 Å². The number of aliphatic hydroxyl groups is 1. The number of morpholine rings is 1. The molecule has 3 nitrogen and oxygen atoms in total. The molecular formula is C12H17NO2. The fourth-order valence-electron chi connectivity index (χ4n) is 1.85. The van der Waals surface area contributed by atoms with Crippen LogP contribution in [-0.2, 0) is 4.74 Å². The molecule has 1 heterocycles. The average molecular weight is 207 g/mol. The van der Waals surface area contributed by atoms with Crippen LogP contribution in [0.2, 0.25) is 0 Å². The minimum absolute atomic E-state index is 0.272. The molecule has 1 aromatic carbocycles. The zero-order chi connectivity index (χ0) is 10.5. The van der Waals surface area contributed by atoms with Crippen LogP contribution in [0.15, 0.2) is 30.3 Å². The van der Waals surface area contributed by atoms with E-state index in [1.807, 2.05) is 30.3 Å². The van der Waals surface area contributed by atoms with Crippen molar-refractivity contribution in [1.29, 1.82) is 0 Å². The van der Waals surface area contributed by atoms with Crippen LogP contribution in [0.3, 0.4) is 0 Å². The Morgan fingerprint density at radius 1 is 1.40 bits per heavy atom. The molecule has 3 heteroatoms. The van der Waals surface area contributed by atoms with Gasteiger partial charge in [0.1, 0.15) is 0 Å². The lowest BCUT2D eigenvalue weighted by Gasteiger charge is -2.25. The highest BCUT2D eigenvalue weighted by atomic mass is 16.5. The molecule has 2 rings (SSSR count). The van der Waals surface area contributed by atoms with Crippen LogP contribution in [0.5, 0.6) is 0 Å². The maximum Gasteiger partial charge on any atom is 0.0805 e. The van der Waals surface area contributed by atoms with Gasteiger partial charge in [-0.2, -0.15) is 0 Å². The molecule has 0 spiro atoms. The van der Waals surface area contributed by atoms with Crippen LogP contribution in [0.25, 0.3) is 0 Å². The summed E-state index contributed by atoms with van der Waals surface area (Å²) < 4.78 is 5.35. The molecule has 0 saturated carbocycles. The van der Waals surface area contributed by atoms with E-state index in [2.05, 4.69) is 5.32 Å². The third kappa shape index (κ3) is 3.02. The van der Waals surface area contributed by atoms with E-state index < -0.39 is 6.10 Å². The Morgan fingerprint density at radius 2 is 2.20 bits per heavy atom. The van der Waals surface area contributed by atoms with E-state index in [1.54, 1.807) is 0 Å². The number of ether oxygens (including phenoxy) is 1. The predicted octanol–water partition coefficient (Wildman–Crippen LogP) is 1.10. The summed E-state index contributed by atoms with van der Waals surface area (Å²) in [6.07, 6.45) is 0.315. The smallest absolute Gasteiger partial charge is 0.0805 e. The van der Waals surface area contributed by atoms with Crippen molar-refractivity contribution in [3.8, 4) is 0 Å². The van der Waals surface area contributed by atoms with E-state index in [9.17, 15) is 5.11 Å². The van der Waals surface area contributed by atoms with E-state index in [0.29, 0.717) is 13.0 Å². The standard InChI is InChI=1S/C12H17NO2/c14-12(10-4-2-1-3-5-10)8-11-9-15-7-6-13-11/h1-5,11-14H,6-9H2. The molecule has 1 fully saturated rings. The van der Waals surface area contributed by atoms with Crippen molar-refractivity contribution in [3.63, 3.8) is 0 Å². The number of aliphatic hydroxyl groups excluding tert-OH is 1. The quantitative estimate of drug-likeness (QED) is 0.780. The molecule has 82 valence electrons. The SMILES string of the molecule is OC(CC1COCCN1)c1ccccc1. The van der Waals surface area contributed by atoms with E-state index in [1.165, 1.54) is 0 Å². The topological polar surface area (TPSA) is 41.5 Å². The van der Waals surface area contributed by atoms with Gasteiger partial charge in [0, 0.05) is 12.6 Å². The van der Waals surface area contributed by atoms with Crippen molar-refractivity contribution in [2.24, 2.45) is 0 Å². The number of hydrogen-bond acceptors (Lipinski definition) is 3. The van der Waals surface area contributed by atoms with E-state index in [-0.39, 0.29) is 6.04 Å². The van der Waals surface area contributed by atoms with Gasteiger partial charge in [0.05, 0.1) is 19.3 Å². The summed E-state index contributed by atoms with van der Waals surface area (Å²) in [5.41, 5.74) is 0.977. The number of benzene rings is 1. The van der Waals surface area contributed by atoms with Gasteiger partial charge in [0.25, 0.3) is 0 Å². The monoisotopic (exact) mass is 207 g/mol. The van der Waals surface area contributed by atoms with Crippen molar-refractivity contribution < 1.29 is 9.84 Å². The predicted molar refractivity (Wildman–Crippen MR) is 58.6 cm³/mol. The molecular weight excluding hydrogens is 190 g/mol. The molecule has 0 aliphatic carbocycles. The largest absolute Gasteiger partial charge is 0.388 e. The second kappa shape index (κ2) is 5.26. The molecule has 0 radical (unpaired) electrons. The highest BCUT2D eigenvalue weighted by molar-refractivity contribution is 5.17. The zero-order valence-corrected chi connectivity index (χ0v) is 8.73. The summed E-state index contributed by atoms with van der Waals surface area (Å²) in [5, 5.41) is 13.3. The maximum atomic E-state index is 9.98. The summed E-state index contributed by atoms with van der Waals surface area (Å²) >= 11 is 0. The first-order valence-corrected chi connectivity index (χ1v) is 5.40. The first-order chi connectivity index (χ1) is 7.36. The molecule has 0 amide bonds. The molecule has 2 atom stereocenters. The second-order valence-corrected chi connectivity index (χ2v) is 3.89. The van der Waals surface area contributed by atoms with E-state index in [4.69, 9.17) is 4.74 Å². The molecule has 1 aliphatic heterocycles. The van der Waals surface area contributed by atoms with Crippen LogP contribution < -0.4 is 5.32 Å². The van der Waals surface area contributed by atoms with Gasteiger partial charge in [-0.25, -0.2) is 0 Å². The van der Waals surface area contributed by atoms with Gasteiger partial charge in [0.15, 0.2) is 0 Å². The van der Waals surface area contributed by atoms with Gasteiger partial charge in [-0.1, -0.05) is 30.3 Å². The first kappa shape index (κ1) is 10.6. The highest BCUT2D eigenvalue weighted by Gasteiger charge is 2.17. The van der Waals surface area contributed by atoms with Crippen molar-refractivity contribution in [1.82, 2.24) is 5.32 Å². The van der Waals surface area contributed by atoms with Crippen LogP contribution >= 0.6 is 0 Å². The van der Waals surface area contributed by atoms with Crippen LogP contribution in [-0.4, -0.2) is 30.9 Å². The molecule has 2 unspecified atom stereocenters. The van der Waals surface area contributed by atoms with Gasteiger partial charge >= 0.3 is 0 Å². The Hall–Kier alpha value is -0.900. The second-order valence-electron chi connectivity index (χ2n) is 3.89. The lowest BCUT2D eigenvalue weighted by atomic mass is 10.0. The van der Waals surface area contributed by atoms with Gasteiger partial charge in [-0.3, -0.25) is 0 Å². The number of hydrogen-bond donors (Lipinski definition) is 2. The minimum atomic E-state index is -0.398. The number of nitrogens with one attached hydrogen (secondary N) is 1. The van der Waals surface area contributed by atoms with Crippen LogP contribution in [0.4, 0.5) is 0 Å². The fourth-order valence-corrected chi connectivity index (χ4v) is 1.85. The average Bonchev–Trinajstić information content (AvgIpc) is 2.31. The lowest BCUT2D eigenvalue weighted by molar-refractivity contribution is 0.0519. The summed E-state index contributed by atoms with van der Waals surface area (Å²) in [6.45, 7) is 2.36. The molecule has 1 saturated heterocycles. The van der Waals surface area contributed by atoms with Gasteiger partial charge in [0.2, 0.25) is 0 Å². The Kier molecular flexibility index (Phi) is 3.72. The summed E-state index contributed by atoms with van der Waals surface area (Å²) in [6, 6.07) is 10.0. The fraction of sp³-hybridized carbons (Fsp3) is 0.500. The van der Waals surface area contributed by atoms with E-state index in [0.717, 1.165) is 18.7 Å². The minimum Gasteiger partial charge on any atom is -0.388 e. The van der Waals surface area contributed by atoms with E-state index >= 15 is 0 Å². The maximum absolute atomic E-state index is 9.98. The summed E-state index contributed by atoms with van der Waals surface area (Å²) in [4.78, 5) is 0. The highest BCUT2D eigenvalue weighted by Crippen LogP contribution is 2.18. The summed E-state index contributed by atoms with van der Waals surface area (Å²) in [7, 11) is 0. The third-order valence-corrected chi connectivity index (χ3v) is 2.69. The molecule has 1 aliphatic rings. The Labute approximate surface area is 90.1 Å². The van der Waals surface area contributed by atoms with Gasteiger partial charge < -0.3 is 15.2 Å². The van der Waals surface area contributed by atoms with Crippen molar-refractivity contribution in [3.05, 3.63) is 35.9 Å². The molecule has 15 heavy (non-hydrogen) atoms. The van der Waals surface area contributed by atoms with Crippen molar-refractivity contribution >= 4 is 0 Å². The Balaban J connectivity index is 1.88. The number of rotatable bonds is 3. The van der Waals surface area contributed by atoms with Crippen molar-refractivity contribution in [2.75, 3.05) is 19.8 Å². The van der Waals surface area contributed by atoms with Crippen LogP contribution in [0.1, 0.15) is 18.1 Å². The Morgan fingerprint density at radius 3 is 2.87 bits per heavy atom. The van der Waals surface area contributed by atoms with Crippen molar-refractivity contribution in [2.45, 2.75) is 18.6 Å². The molecule has 2 N–H and O–H groups in total. The summed E-state index contributed by atoms with van der Waals surface area (Å²) in [5.74, 6) is 0. The molecule has 0 aromatic heterocycles. The third-order valence-electron chi connectivity index (χ3n) is 2.69. The normalized spacial score (nSPS) is 23.7. The Bertz CT molecular complexity index is 283. The first-order valence-electron chi connectivity index (χ1n) is 5.40. The van der Waals surface area contributed by atoms with Crippen LogP contribution in [0, 0.1) is 0 Å².